The minimum atomic E-state index is -4.46. The Kier molecular flexibility index (Phi) is 4.79. The van der Waals surface area contributed by atoms with Crippen LogP contribution in [0.25, 0.3) is 0 Å². The Morgan fingerprint density at radius 3 is 2.76 bits per heavy atom. The molecule has 2 aromatic rings. The SMILES string of the molecule is O=C(NCCNc1ncccc1C(F)(F)F)c1ccsc1. The third-order valence-corrected chi connectivity index (χ3v) is 3.28. The number of halogens is 3. The number of rotatable bonds is 5. The molecule has 0 spiro atoms. The second kappa shape index (κ2) is 6.57. The quantitative estimate of drug-likeness (QED) is 0.834. The van der Waals surface area contributed by atoms with Gasteiger partial charge in [-0.05, 0) is 23.6 Å². The van der Waals surface area contributed by atoms with Gasteiger partial charge in [-0.3, -0.25) is 4.79 Å². The molecule has 2 heterocycles. The van der Waals surface area contributed by atoms with Gasteiger partial charge in [-0.2, -0.15) is 24.5 Å². The maximum absolute atomic E-state index is 12.7. The smallest absolute Gasteiger partial charge is 0.368 e. The lowest BCUT2D eigenvalue weighted by Gasteiger charge is -2.13. The number of carbonyl (C=O) groups excluding carboxylic acids is 1. The molecule has 2 aromatic heterocycles. The Morgan fingerprint density at radius 1 is 1.29 bits per heavy atom. The van der Waals surface area contributed by atoms with Crippen molar-refractivity contribution in [3.05, 3.63) is 46.3 Å². The fourth-order valence-electron chi connectivity index (χ4n) is 1.63. The second-order valence-electron chi connectivity index (χ2n) is 4.09. The molecule has 0 aliphatic carbocycles. The summed E-state index contributed by atoms with van der Waals surface area (Å²) in [5, 5.41) is 8.66. The highest BCUT2D eigenvalue weighted by molar-refractivity contribution is 7.08. The Morgan fingerprint density at radius 2 is 2.10 bits per heavy atom. The lowest BCUT2D eigenvalue weighted by atomic mass is 10.2. The summed E-state index contributed by atoms with van der Waals surface area (Å²) in [6.45, 7) is 0.346. The van der Waals surface area contributed by atoms with E-state index in [1.54, 1.807) is 16.8 Å². The van der Waals surface area contributed by atoms with E-state index in [1.807, 2.05) is 0 Å². The molecule has 112 valence electrons. The topological polar surface area (TPSA) is 54.0 Å². The summed E-state index contributed by atoms with van der Waals surface area (Å²) in [6.07, 6.45) is -3.18. The van der Waals surface area contributed by atoms with Crippen LogP contribution in [0.5, 0.6) is 0 Å². The molecule has 0 aliphatic rings. The molecule has 8 heteroatoms. The van der Waals surface area contributed by atoms with Gasteiger partial charge >= 0.3 is 6.18 Å². The normalized spacial score (nSPS) is 11.2. The van der Waals surface area contributed by atoms with Gasteiger partial charge in [0.2, 0.25) is 0 Å². The second-order valence-corrected chi connectivity index (χ2v) is 4.87. The molecule has 0 atom stereocenters. The van der Waals surface area contributed by atoms with Gasteiger partial charge in [-0.25, -0.2) is 4.98 Å². The number of amides is 1. The van der Waals surface area contributed by atoms with Crippen LogP contribution in [0.3, 0.4) is 0 Å². The molecule has 4 nitrogen and oxygen atoms in total. The molecule has 2 N–H and O–H groups in total. The van der Waals surface area contributed by atoms with Crippen molar-refractivity contribution in [1.82, 2.24) is 10.3 Å². The molecule has 2 rings (SSSR count). The first-order chi connectivity index (χ1) is 9.98. The zero-order valence-corrected chi connectivity index (χ0v) is 11.6. The van der Waals surface area contributed by atoms with Crippen molar-refractivity contribution >= 4 is 23.1 Å². The van der Waals surface area contributed by atoms with Crippen LogP contribution in [0, 0.1) is 0 Å². The standard InChI is InChI=1S/C13H12F3N3OS/c14-13(15,16)10-2-1-4-17-11(10)18-5-6-19-12(20)9-3-7-21-8-9/h1-4,7-8H,5-6H2,(H,17,18)(H,19,20). The van der Waals surface area contributed by atoms with Crippen LogP contribution in [0.15, 0.2) is 35.2 Å². The number of nitrogens with zero attached hydrogens (tertiary/aromatic N) is 1. The molecule has 0 fully saturated rings. The first kappa shape index (κ1) is 15.3. The Balaban J connectivity index is 1.86. The van der Waals surface area contributed by atoms with Gasteiger partial charge in [0.05, 0.1) is 5.56 Å². The molecule has 0 bridgehead atoms. The van der Waals surface area contributed by atoms with Crippen LogP contribution in [-0.2, 0) is 6.18 Å². The predicted molar refractivity (Wildman–Crippen MR) is 74.4 cm³/mol. The van der Waals surface area contributed by atoms with Gasteiger partial charge in [0.25, 0.3) is 5.91 Å². The maximum atomic E-state index is 12.7. The molecule has 0 saturated heterocycles. The monoisotopic (exact) mass is 315 g/mol. The summed E-state index contributed by atoms with van der Waals surface area (Å²) in [4.78, 5) is 15.3. The van der Waals surface area contributed by atoms with Crippen molar-refractivity contribution in [2.24, 2.45) is 0 Å². The highest BCUT2D eigenvalue weighted by Gasteiger charge is 2.33. The van der Waals surface area contributed by atoms with Crippen molar-refractivity contribution < 1.29 is 18.0 Å². The third-order valence-electron chi connectivity index (χ3n) is 2.60. The summed E-state index contributed by atoms with van der Waals surface area (Å²) < 4.78 is 38.2. The first-order valence-corrected chi connectivity index (χ1v) is 6.99. The van der Waals surface area contributed by atoms with Crippen molar-refractivity contribution in [2.45, 2.75) is 6.18 Å². The van der Waals surface area contributed by atoms with Gasteiger partial charge < -0.3 is 10.6 Å². The molecule has 0 unspecified atom stereocenters. The van der Waals surface area contributed by atoms with Crippen molar-refractivity contribution in [3.63, 3.8) is 0 Å². The largest absolute Gasteiger partial charge is 0.419 e. The van der Waals surface area contributed by atoms with E-state index in [4.69, 9.17) is 0 Å². The third kappa shape index (κ3) is 4.19. The highest BCUT2D eigenvalue weighted by atomic mass is 32.1. The van der Waals surface area contributed by atoms with E-state index in [0.717, 1.165) is 6.07 Å². The van der Waals surface area contributed by atoms with E-state index in [0.29, 0.717) is 5.56 Å². The number of nitrogens with one attached hydrogen (secondary N) is 2. The molecule has 21 heavy (non-hydrogen) atoms. The number of carbonyl (C=O) groups is 1. The van der Waals surface area contributed by atoms with E-state index < -0.39 is 11.7 Å². The summed E-state index contributed by atoms with van der Waals surface area (Å²) in [6, 6.07) is 3.86. The predicted octanol–water partition coefficient (Wildman–Crippen LogP) is 3.00. The van der Waals surface area contributed by atoms with E-state index in [9.17, 15) is 18.0 Å². The molecule has 0 aliphatic heterocycles. The van der Waals surface area contributed by atoms with E-state index in [2.05, 4.69) is 15.6 Å². The van der Waals surface area contributed by atoms with E-state index in [-0.39, 0.29) is 24.8 Å². The molecule has 0 saturated carbocycles. The first-order valence-electron chi connectivity index (χ1n) is 6.05. The van der Waals surface area contributed by atoms with E-state index in [1.165, 1.54) is 23.6 Å². The average Bonchev–Trinajstić information content (AvgIpc) is 2.97. The lowest BCUT2D eigenvalue weighted by molar-refractivity contribution is -0.137. The fourth-order valence-corrected chi connectivity index (χ4v) is 2.26. The number of hydrogen-bond acceptors (Lipinski definition) is 4. The van der Waals surface area contributed by atoms with Crippen LogP contribution in [-0.4, -0.2) is 24.0 Å². The zero-order chi connectivity index (χ0) is 15.3. The van der Waals surface area contributed by atoms with Gasteiger partial charge in [-0.15, -0.1) is 0 Å². The summed E-state index contributed by atoms with van der Waals surface area (Å²) in [5.41, 5.74) is -0.289. The minimum absolute atomic E-state index is 0.149. The van der Waals surface area contributed by atoms with Crippen LogP contribution >= 0.6 is 11.3 Å². The van der Waals surface area contributed by atoms with Crippen molar-refractivity contribution in [3.8, 4) is 0 Å². The lowest BCUT2D eigenvalue weighted by Crippen LogP contribution is -2.29. The van der Waals surface area contributed by atoms with Crippen LogP contribution in [0.4, 0.5) is 19.0 Å². The zero-order valence-electron chi connectivity index (χ0n) is 10.8. The summed E-state index contributed by atoms with van der Waals surface area (Å²) >= 11 is 1.40. The van der Waals surface area contributed by atoms with Gasteiger partial charge in [0.15, 0.2) is 0 Å². The van der Waals surface area contributed by atoms with E-state index >= 15 is 0 Å². The van der Waals surface area contributed by atoms with Crippen molar-refractivity contribution in [2.75, 3.05) is 18.4 Å². The van der Waals surface area contributed by atoms with Gasteiger partial charge in [0.1, 0.15) is 5.82 Å². The Labute approximate surface area is 123 Å². The van der Waals surface area contributed by atoms with Crippen LogP contribution < -0.4 is 10.6 Å². The molecule has 0 radical (unpaired) electrons. The van der Waals surface area contributed by atoms with Gasteiger partial charge in [0, 0.05) is 30.2 Å². The Hall–Kier alpha value is -2.09. The minimum Gasteiger partial charge on any atom is -0.368 e. The Bertz CT molecular complexity index is 599. The molecule has 1 amide bonds. The summed E-state index contributed by atoms with van der Waals surface area (Å²) in [5.74, 6) is -0.495. The number of pyridine rings is 1. The molecule has 0 aromatic carbocycles. The average molecular weight is 315 g/mol. The molecular weight excluding hydrogens is 303 g/mol. The van der Waals surface area contributed by atoms with Crippen LogP contribution in [0.1, 0.15) is 15.9 Å². The highest BCUT2D eigenvalue weighted by Crippen LogP contribution is 2.33. The summed E-state index contributed by atoms with van der Waals surface area (Å²) in [7, 11) is 0. The number of aromatic nitrogens is 1. The number of hydrogen-bond donors (Lipinski definition) is 2. The maximum Gasteiger partial charge on any atom is 0.419 e. The number of thiophene rings is 1. The van der Waals surface area contributed by atoms with Crippen molar-refractivity contribution in [1.29, 1.82) is 0 Å². The molecular formula is C13H12F3N3OS. The number of alkyl halides is 3. The fraction of sp³-hybridized carbons (Fsp3) is 0.231. The number of anilines is 1. The van der Waals surface area contributed by atoms with Crippen LogP contribution in [0.2, 0.25) is 0 Å². The van der Waals surface area contributed by atoms with Gasteiger partial charge in [-0.1, -0.05) is 0 Å².